The van der Waals surface area contributed by atoms with Crippen LogP contribution < -0.4 is 5.32 Å². The van der Waals surface area contributed by atoms with Crippen molar-refractivity contribution in [1.82, 2.24) is 10.2 Å². The molecule has 0 aromatic rings. The average molecular weight is 266 g/mol. The van der Waals surface area contributed by atoms with E-state index in [0.717, 1.165) is 18.0 Å². The molecule has 0 radical (unpaired) electrons. The molecule has 2 heteroatoms. The van der Waals surface area contributed by atoms with Crippen molar-refractivity contribution in [2.45, 2.75) is 83.2 Å². The molecular weight excluding hydrogens is 232 g/mol. The predicted molar refractivity (Wildman–Crippen MR) is 83.5 cm³/mol. The minimum Gasteiger partial charge on any atom is -0.314 e. The zero-order valence-electron chi connectivity index (χ0n) is 13.2. The predicted octanol–water partition coefficient (Wildman–Crippen LogP) is 3.81. The maximum atomic E-state index is 3.77. The molecule has 0 aromatic carbocycles. The summed E-state index contributed by atoms with van der Waals surface area (Å²) in [6.07, 6.45) is 14.3. The number of rotatable bonds is 7. The molecular formula is C17H34N2. The fraction of sp³-hybridized carbons (Fsp3) is 1.00. The highest BCUT2D eigenvalue weighted by atomic mass is 15.1. The van der Waals surface area contributed by atoms with Crippen molar-refractivity contribution in [3.05, 3.63) is 0 Å². The number of nitrogens with zero attached hydrogens (tertiary/aromatic N) is 1. The molecule has 0 amide bonds. The molecule has 19 heavy (non-hydrogen) atoms. The van der Waals surface area contributed by atoms with Gasteiger partial charge >= 0.3 is 0 Å². The Hall–Kier alpha value is -0.0800. The van der Waals surface area contributed by atoms with Crippen LogP contribution in [0.2, 0.25) is 0 Å². The van der Waals surface area contributed by atoms with Gasteiger partial charge in [-0.1, -0.05) is 32.6 Å². The summed E-state index contributed by atoms with van der Waals surface area (Å²) in [6.45, 7) is 4.80. The summed E-state index contributed by atoms with van der Waals surface area (Å²) < 4.78 is 0. The smallest absolute Gasteiger partial charge is 0.00958 e. The van der Waals surface area contributed by atoms with E-state index in [1.54, 1.807) is 0 Å². The van der Waals surface area contributed by atoms with E-state index in [1.165, 1.54) is 77.3 Å². The Bertz CT molecular complexity index is 235. The van der Waals surface area contributed by atoms with E-state index in [9.17, 15) is 0 Å². The Morgan fingerprint density at radius 2 is 1.79 bits per heavy atom. The molecule has 0 spiro atoms. The second kappa shape index (κ2) is 8.26. The molecule has 2 unspecified atom stereocenters. The van der Waals surface area contributed by atoms with Crippen molar-refractivity contribution in [2.24, 2.45) is 5.92 Å². The Kier molecular flexibility index (Phi) is 6.66. The van der Waals surface area contributed by atoms with Gasteiger partial charge in [-0.15, -0.1) is 0 Å². The van der Waals surface area contributed by atoms with Crippen molar-refractivity contribution in [3.8, 4) is 0 Å². The highest BCUT2D eigenvalue weighted by Gasteiger charge is 2.27. The summed E-state index contributed by atoms with van der Waals surface area (Å²) in [5.74, 6) is 0.942. The monoisotopic (exact) mass is 266 g/mol. The fourth-order valence-corrected chi connectivity index (χ4v) is 4.05. The van der Waals surface area contributed by atoms with Crippen LogP contribution in [0.1, 0.15) is 71.1 Å². The molecule has 1 N–H and O–H groups in total. The van der Waals surface area contributed by atoms with Crippen LogP contribution in [0.4, 0.5) is 0 Å². The molecule has 2 aliphatic carbocycles. The van der Waals surface area contributed by atoms with Gasteiger partial charge in [-0.05, 0) is 64.6 Å². The van der Waals surface area contributed by atoms with Crippen LogP contribution in [0.25, 0.3) is 0 Å². The maximum absolute atomic E-state index is 3.77. The minimum absolute atomic E-state index is 0.819. The number of nitrogens with one attached hydrogen (secondary N) is 1. The minimum atomic E-state index is 0.819. The van der Waals surface area contributed by atoms with E-state index in [2.05, 4.69) is 24.2 Å². The van der Waals surface area contributed by atoms with E-state index in [-0.39, 0.29) is 0 Å². The van der Waals surface area contributed by atoms with Gasteiger partial charge in [0.25, 0.3) is 0 Å². The summed E-state index contributed by atoms with van der Waals surface area (Å²) in [5.41, 5.74) is 0. The molecule has 112 valence electrons. The molecule has 0 heterocycles. The van der Waals surface area contributed by atoms with Gasteiger partial charge in [-0.25, -0.2) is 0 Å². The van der Waals surface area contributed by atoms with Crippen LogP contribution in [0.15, 0.2) is 0 Å². The lowest BCUT2D eigenvalue weighted by atomic mass is 9.93. The maximum Gasteiger partial charge on any atom is 0.00958 e. The Labute approximate surface area is 120 Å². The van der Waals surface area contributed by atoms with E-state index in [0.29, 0.717) is 0 Å². The number of hydrogen-bond donors (Lipinski definition) is 1. The van der Waals surface area contributed by atoms with Crippen molar-refractivity contribution in [1.29, 1.82) is 0 Å². The Morgan fingerprint density at radius 1 is 1.00 bits per heavy atom. The van der Waals surface area contributed by atoms with Gasteiger partial charge in [-0.3, -0.25) is 0 Å². The van der Waals surface area contributed by atoms with Gasteiger partial charge in [0, 0.05) is 12.1 Å². The van der Waals surface area contributed by atoms with Crippen molar-refractivity contribution < 1.29 is 0 Å². The van der Waals surface area contributed by atoms with Gasteiger partial charge in [0.1, 0.15) is 0 Å². The highest BCUT2D eigenvalue weighted by Crippen LogP contribution is 2.29. The standard InChI is InChI=1S/C17H34N2/c1-3-13-18-17-11-7-8-15(17)12-14-19(2)16-9-5-4-6-10-16/h15-18H,3-14H2,1-2H3. The lowest BCUT2D eigenvalue weighted by molar-refractivity contribution is 0.176. The van der Waals surface area contributed by atoms with Crippen LogP contribution in [0, 0.1) is 5.92 Å². The molecule has 2 atom stereocenters. The van der Waals surface area contributed by atoms with Gasteiger partial charge in [-0.2, -0.15) is 0 Å². The third kappa shape index (κ3) is 4.75. The molecule has 0 aromatic heterocycles. The quantitative estimate of drug-likeness (QED) is 0.754. The van der Waals surface area contributed by atoms with E-state index in [1.807, 2.05) is 0 Å². The zero-order valence-corrected chi connectivity index (χ0v) is 13.2. The van der Waals surface area contributed by atoms with E-state index >= 15 is 0 Å². The van der Waals surface area contributed by atoms with Crippen LogP contribution in [-0.2, 0) is 0 Å². The first-order valence-corrected chi connectivity index (χ1v) is 8.75. The van der Waals surface area contributed by atoms with Crippen LogP contribution in [0.5, 0.6) is 0 Å². The Morgan fingerprint density at radius 3 is 2.53 bits per heavy atom. The van der Waals surface area contributed by atoms with Gasteiger partial charge in [0.15, 0.2) is 0 Å². The van der Waals surface area contributed by atoms with Crippen LogP contribution >= 0.6 is 0 Å². The second-order valence-electron chi connectivity index (χ2n) is 6.81. The third-order valence-corrected chi connectivity index (χ3v) is 5.37. The molecule has 2 aliphatic rings. The number of hydrogen-bond acceptors (Lipinski definition) is 2. The summed E-state index contributed by atoms with van der Waals surface area (Å²) in [4.78, 5) is 2.66. The van der Waals surface area contributed by atoms with E-state index < -0.39 is 0 Å². The first-order chi connectivity index (χ1) is 9.31. The molecule has 0 bridgehead atoms. The lowest BCUT2D eigenvalue weighted by Gasteiger charge is -2.32. The molecule has 0 aliphatic heterocycles. The van der Waals surface area contributed by atoms with Crippen molar-refractivity contribution >= 4 is 0 Å². The SMILES string of the molecule is CCCNC1CCCC1CCN(C)C1CCCCC1. The van der Waals surface area contributed by atoms with Gasteiger partial charge in [0.2, 0.25) is 0 Å². The molecule has 2 nitrogen and oxygen atoms in total. The summed E-state index contributed by atoms with van der Waals surface area (Å²) >= 11 is 0. The van der Waals surface area contributed by atoms with Gasteiger partial charge in [0.05, 0.1) is 0 Å². The first kappa shape index (κ1) is 15.3. The zero-order chi connectivity index (χ0) is 13.5. The largest absolute Gasteiger partial charge is 0.314 e. The molecule has 2 rings (SSSR count). The van der Waals surface area contributed by atoms with E-state index in [4.69, 9.17) is 0 Å². The molecule has 0 saturated heterocycles. The van der Waals surface area contributed by atoms with Crippen molar-refractivity contribution in [3.63, 3.8) is 0 Å². The van der Waals surface area contributed by atoms with Gasteiger partial charge < -0.3 is 10.2 Å². The summed E-state index contributed by atoms with van der Waals surface area (Å²) in [5, 5.41) is 3.77. The Balaban J connectivity index is 1.68. The fourth-order valence-electron chi connectivity index (χ4n) is 4.05. The summed E-state index contributed by atoms with van der Waals surface area (Å²) in [7, 11) is 2.36. The lowest BCUT2D eigenvalue weighted by Crippen LogP contribution is -2.38. The van der Waals surface area contributed by atoms with Crippen molar-refractivity contribution in [2.75, 3.05) is 20.1 Å². The molecule has 2 fully saturated rings. The topological polar surface area (TPSA) is 15.3 Å². The third-order valence-electron chi connectivity index (χ3n) is 5.37. The summed E-state index contributed by atoms with van der Waals surface area (Å²) in [6, 6.07) is 1.71. The highest BCUT2D eigenvalue weighted by molar-refractivity contribution is 4.84. The average Bonchev–Trinajstić information content (AvgIpc) is 2.91. The second-order valence-corrected chi connectivity index (χ2v) is 6.81. The van der Waals surface area contributed by atoms with Crippen LogP contribution in [0.3, 0.4) is 0 Å². The van der Waals surface area contributed by atoms with Crippen LogP contribution in [-0.4, -0.2) is 37.1 Å². The normalized spacial score (nSPS) is 29.2. The first-order valence-electron chi connectivity index (χ1n) is 8.75. The molecule has 2 saturated carbocycles.